The minimum atomic E-state index is -0.144. The molecule has 0 amide bonds. The van der Waals surface area contributed by atoms with Crippen molar-refractivity contribution in [2.24, 2.45) is 0 Å². The van der Waals surface area contributed by atoms with E-state index in [1.165, 1.54) is 0 Å². The van der Waals surface area contributed by atoms with Gasteiger partial charge in [0.25, 0.3) is 0 Å². The Balaban J connectivity index is 2.08. The molecule has 1 aliphatic rings. The van der Waals surface area contributed by atoms with E-state index in [0.29, 0.717) is 0 Å². The predicted molar refractivity (Wildman–Crippen MR) is 22.8 cm³/mol. The zero-order valence-electron chi connectivity index (χ0n) is 2.72. The third-order valence-corrected chi connectivity index (χ3v) is 1.48. The summed E-state index contributed by atoms with van der Waals surface area (Å²) in [5, 5.41) is 8.36. The van der Waals surface area contributed by atoms with Gasteiger partial charge >= 0.3 is 0 Å². The van der Waals surface area contributed by atoms with Crippen LogP contribution in [0.25, 0.3) is 0 Å². The number of hydrogen-bond donors (Lipinski definition) is 1. The lowest BCUT2D eigenvalue weighted by Crippen LogP contribution is -2.14. The molecule has 1 N–H and O–H groups in total. The summed E-state index contributed by atoms with van der Waals surface area (Å²) >= 11 is 1.56. The van der Waals surface area contributed by atoms with Crippen molar-refractivity contribution in [1.82, 2.24) is 0 Å². The maximum atomic E-state index is 8.36. The van der Waals surface area contributed by atoms with E-state index in [1.807, 2.05) is 6.42 Å². The summed E-state index contributed by atoms with van der Waals surface area (Å²) in [5.74, 6) is 1.03. The van der Waals surface area contributed by atoms with Crippen LogP contribution in [0.1, 0.15) is 0 Å². The van der Waals surface area contributed by atoms with Gasteiger partial charge in [-0.2, -0.15) is 0 Å². The molecule has 0 aromatic carbocycles. The third-order valence-electron chi connectivity index (χ3n) is 0.565. The van der Waals surface area contributed by atoms with Gasteiger partial charge in [0.1, 0.15) is 5.44 Å². The van der Waals surface area contributed by atoms with E-state index in [4.69, 9.17) is 5.11 Å². The minimum absolute atomic E-state index is 0.144. The Morgan fingerprint density at radius 2 is 2.40 bits per heavy atom. The van der Waals surface area contributed by atoms with Crippen LogP contribution in [0.5, 0.6) is 0 Å². The Bertz CT molecular complexity index is 33.9. The topological polar surface area (TPSA) is 20.2 Å². The smallest absolute Gasteiger partial charge is 0.103 e. The third kappa shape index (κ3) is 0.578. The molecule has 0 aliphatic carbocycles. The molecule has 1 rings (SSSR count). The van der Waals surface area contributed by atoms with E-state index in [9.17, 15) is 0 Å². The summed E-state index contributed by atoms with van der Waals surface area (Å²) < 4.78 is 0. The van der Waals surface area contributed by atoms with E-state index in [0.717, 1.165) is 5.75 Å². The summed E-state index contributed by atoms with van der Waals surface area (Å²) in [6.07, 6.45) is 1.87. The van der Waals surface area contributed by atoms with Gasteiger partial charge < -0.3 is 5.11 Å². The molecule has 1 fully saturated rings. The van der Waals surface area contributed by atoms with Gasteiger partial charge in [-0.3, -0.25) is 0 Å². The largest absolute Gasteiger partial charge is 0.382 e. The molecule has 0 saturated carbocycles. The zero-order chi connectivity index (χ0) is 3.70. The molecule has 5 heavy (non-hydrogen) atoms. The molecular formula is C3H5OS. The molecule has 1 nitrogen and oxygen atoms in total. The van der Waals surface area contributed by atoms with Crippen molar-refractivity contribution < 1.29 is 5.11 Å². The van der Waals surface area contributed by atoms with E-state index in [-0.39, 0.29) is 5.44 Å². The lowest BCUT2D eigenvalue weighted by molar-refractivity contribution is 0.286. The maximum Gasteiger partial charge on any atom is 0.103 e. The van der Waals surface area contributed by atoms with Crippen LogP contribution in [0.3, 0.4) is 0 Å². The highest BCUT2D eigenvalue weighted by atomic mass is 32.2. The molecule has 0 spiro atoms. The number of aliphatic hydroxyl groups is 1. The molecule has 1 radical (unpaired) electrons. The second-order valence-corrected chi connectivity index (χ2v) is 2.11. The molecular weight excluding hydrogens is 84.1 g/mol. The van der Waals surface area contributed by atoms with E-state index >= 15 is 0 Å². The number of hydrogen-bond acceptors (Lipinski definition) is 2. The Morgan fingerprint density at radius 1 is 2.00 bits per heavy atom. The van der Waals surface area contributed by atoms with Gasteiger partial charge in [-0.1, -0.05) is 0 Å². The van der Waals surface area contributed by atoms with Crippen LogP contribution in [-0.2, 0) is 0 Å². The molecule has 2 heteroatoms. The highest BCUT2D eigenvalue weighted by Crippen LogP contribution is 2.22. The van der Waals surface area contributed by atoms with Crippen molar-refractivity contribution in [1.29, 1.82) is 0 Å². The molecule has 29 valence electrons. The molecule has 1 saturated heterocycles. The van der Waals surface area contributed by atoms with Gasteiger partial charge in [0.15, 0.2) is 0 Å². The lowest BCUT2D eigenvalue weighted by Gasteiger charge is -2.16. The first-order valence-electron chi connectivity index (χ1n) is 1.52. The Labute approximate surface area is 35.4 Å². The Kier molecular flexibility index (Phi) is 0.830. The summed E-state index contributed by atoms with van der Waals surface area (Å²) in [6, 6.07) is 0. The Morgan fingerprint density at radius 3 is 2.40 bits per heavy atom. The second-order valence-electron chi connectivity index (χ2n) is 0.960. The standard InChI is InChI=1S/C3H5OS/c4-3-1-2-5-3/h1,3-4H,2H2. The van der Waals surface area contributed by atoms with Crippen molar-refractivity contribution in [2.45, 2.75) is 5.44 Å². The highest BCUT2D eigenvalue weighted by molar-refractivity contribution is 8.01. The predicted octanol–water partition coefficient (Wildman–Crippen LogP) is 0.256. The SMILES string of the molecule is OC1[CH]CS1. The van der Waals surface area contributed by atoms with Crippen LogP contribution < -0.4 is 0 Å². The maximum absolute atomic E-state index is 8.36. The van der Waals surface area contributed by atoms with Gasteiger partial charge in [-0.15, -0.1) is 11.8 Å². The van der Waals surface area contributed by atoms with Gasteiger partial charge in [-0.25, -0.2) is 0 Å². The summed E-state index contributed by atoms with van der Waals surface area (Å²) in [7, 11) is 0. The molecule has 0 aromatic heterocycles. The van der Waals surface area contributed by atoms with Gasteiger partial charge in [0.05, 0.1) is 0 Å². The molecule has 1 heterocycles. The normalized spacial score (nSPS) is 36.6. The van der Waals surface area contributed by atoms with Crippen LogP contribution in [0.4, 0.5) is 0 Å². The first-order valence-corrected chi connectivity index (χ1v) is 2.57. The number of aliphatic hydroxyl groups excluding tert-OH is 1. The van der Waals surface area contributed by atoms with Crippen molar-refractivity contribution in [3.63, 3.8) is 0 Å². The summed E-state index contributed by atoms with van der Waals surface area (Å²) in [5.41, 5.74) is -0.144. The van der Waals surface area contributed by atoms with Crippen LogP contribution >= 0.6 is 11.8 Å². The molecule has 1 aliphatic heterocycles. The Hall–Kier alpha value is 0.310. The molecule has 1 unspecified atom stereocenters. The minimum Gasteiger partial charge on any atom is -0.382 e. The fraction of sp³-hybridized carbons (Fsp3) is 0.667. The van der Waals surface area contributed by atoms with Crippen molar-refractivity contribution in [3.8, 4) is 0 Å². The van der Waals surface area contributed by atoms with Crippen molar-refractivity contribution in [3.05, 3.63) is 6.42 Å². The highest BCUT2D eigenvalue weighted by Gasteiger charge is 2.12. The first kappa shape index (κ1) is 3.50. The van der Waals surface area contributed by atoms with E-state index in [1.54, 1.807) is 11.8 Å². The lowest BCUT2D eigenvalue weighted by atomic mass is 10.5. The van der Waals surface area contributed by atoms with Gasteiger partial charge in [-0.05, 0) is 0 Å². The molecule has 0 aromatic rings. The average molecular weight is 89.1 g/mol. The van der Waals surface area contributed by atoms with Crippen LogP contribution in [0, 0.1) is 6.42 Å². The average Bonchev–Trinajstić information content (AvgIpc) is 1.30. The summed E-state index contributed by atoms with van der Waals surface area (Å²) in [6.45, 7) is 0. The zero-order valence-corrected chi connectivity index (χ0v) is 3.53. The molecule has 0 bridgehead atoms. The fourth-order valence-electron chi connectivity index (χ4n) is 0.182. The number of rotatable bonds is 0. The van der Waals surface area contributed by atoms with Gasteiger partial charge in [0, 0.05) is 12.2 Å². The van der Waals surface area contributed by atoms with Gasteiger partial charge in [0.2, 0.25) is 0 Å². The molecule has 1 atom stereocenters. The first-order chi connectivity index (χ1) is 2.39. The quantitative estimate of drug-likeness (QED) is 0.459. The van der Waals surface area contributed by atoms with E-state index < -0.39 is 0 Å². The number of thioether (sulfide) groups is 1. The summed E-state index contributed by atoms with van der Waals surface area (Å²) in [4.78, 5) is 0. The second kappa shape index (κ2) is 1.19. The van der Waals surface area contributed by atoms with Crippen LogP contribution in [0.15, 0.2) is 0 Å². The van der Waals surface area contributed by atoms with Crippen LogP contribution in [0.2, 0.25) is 0 Å². The van der Waals surface area contributed by atoms with E-state index in [2.05, 4.69) is 0 Å². The monoisotopic (exact) mass is 89.0 g/mol. The fourth-order valence-corrected chi connectivity index (χ4v) is 0.547. The van der Waals surface area contributed by atoms with Crippen molar-refractivity contribution in [2.75, 3.05) is 5.75 Å². The van der Waals surface area contributed by atoms with Crippen molar-refractivity contribution >= 4 is 11.8 Å². The van der Waals surface area contributed by atoms with Crippen LogP contribution in [-0.4, -0.2) is 16.3 Å².